The van der Waals surface area contributed by atoms with Gasteiger partial charge < -0.3 is 9.84 Å². The van der Waals surface area contributed by atoms with Crippen molar-refractivity contribution < 1.29 is 19.4 Å². The van der Waals surface area contributed by atoms with Crippen LogP contribution in [0.4, 0.5) is 5.13 Å². The lowest BCUT2D eigenvalue weighted by Crippen LogP contribution is -2.29. The van der Waals surface area contributed by atoms with E-state index in [1.807, 2.05) is 19.1 Å². The van der Waals surface area contributed by atoms with Crippen LogP contribution in [0.5, 0.6) is 5.75 Å². The molecule has 1 aromatic heterocycles. The van der Waals surface area contributed by atoms with E-state index in [1.165, 1.54) is 33.6 Å². The quantitative estimate of drug-likeness (QED) is 0.0497. The summed E-state index contributed by atoms with van der Waals surface area (Å²) in [6, 6.07) is 21.0. The van der Waals surface area contributed by atoms with Crippen molar-refractivity contribution in [3.63, 3.8) is 0 Å². The average molecular weight is 606 g/mol. The summed E-state index contributed by atoms with van der Waals surface area (Å²) in [7, 11) is 0. The molecule has 0 spiro atoms. The molecule has 41 heavy (non-hydrogen) atoms. The first-order chi connectivity index (χ1) is 19.9. The molecule has 3 aromatic carbocycles. The predicted octanol–water partition coefficient (Wildman–Crippen LogP) is 7.60. The van der Waals surface area contributed by atoms with E-state index in [1.54, 1.807) is 36.4 Å². The number of anilines is 1. The van der Waals surface area contributed by atoms with E-state index in [4.69, 9.17) is 16.3 Å². The number of rotatable bonds is 10. The number of thioether (sulfide) groups is 1. The average Bonchev–Trinajstić information content (AvgIpc) is 3.55. The highest BCUT2D eigenvalue weighted by molar-refractivity contribution is 8.00. The maximum Gasteiger partial charge on any atom is 0.301 e. The van der Waals surface area contributed by atoms with Crippen LogP contribution in [0.15, 0.2) is 82.7 Å². The van der Waals surface area contributed by atoms with E-state index in [0.29, 0.717) is 38.6 Å². The molecular formula is C31H28ClN3O4S2. The van der Waals surface area contributed by atoms with Crippen molar-refractivity contribution in [1.29, 1.82) is 0 Å². The van der Waals surface area contributed by atoms with E-state index in [9.17, 15) is 14.7 Å². The number of halogens is 1. The molecule has 1 fully saturated rings. The van der Waals surface area contributed by atoms with Gasteiger partial charge in [-0.15, -0.1) is 10.2 Å². The number of carbonyl (C=O) groups is 2. The summed E-state index contributed by atoms with van der Waals surface area (Å²) in [6.45, 7) is 4.67. The maximum atomic E-state index is 13.5. The molecule has 0 bridgehead atoms. The summed E-state index contributed by atoms with van der Waals surface area (Å²) in [5, 5.41) is 20.7. The van der Waals surface area contributed by atoms with Gasteiger partial charge in [0.15, 0.2) is 4.34 Å². The smallest absolute Gasteiger partial charge is 0.301 e. The van der Waals surface area contributed by atoms with Crippen LogP contribution >= 0.6 is 34.7 Å². The first-order valence-electron chi connectivity index (χ1n) is 13.2. The van der Waals surface area contributed by atoms with E-state index in [2.05, 4.69) is 41.4 Å². The van der Waals surface area contributed by atoms with Gasteiger partial charge in [-0.2, -0.15) is 0 Å². The molecule has 0 radical (unpaired) electrons. The van der Waals surface area contributed by atoms with Gasteiger partial charge in [0.25, 0.3) is 5.78 Å². The summed E-state index contributed by atoms with van der Waals surface area (Å²) in [4.78, 5) is 28.3. The second-order valence-corrected chi connectivity index (χ2v) is 12.2. The lowest BCUT2D eigenvalue weighted by atomic mass is 9.95. The monoisotopic (exact) mass is 605 g/mol. The Morgan fingerprint density at radius 1 is 1.07 bits per heavy atom. The number of aryl methyl sites for hydroxylation is 1. The minimum atomic E-state index is -0.927. The van der Waals surface area contributed by atoms with Crippen molar-refractivity contribution >= 4 is 57.3 Å². The first kappa shape index (κ1) is 28.9. The summed E-state index contributed by atoms with van der Waals surface area (Å²) in [5.74, 6) is -0.578. The second kappa shape index (κ2) is 12.9. The topological polar surface area (TPSA) is 92.6 Å². The Bertz CT molecular complexity index is 1590. The van der Waals surface area contributed by atoms with Gasteiger partial charge in [0, 0.05) is 16.3 Å². The van der Waals surface area contributed by atoms with Crippen LogP contribution in [-0.4, -0.2) is 33.6 Å². The predicted molar refractivity (Wildman–Crippen MR) is 164 cm³/mol. The zero-order valence-corrected chi connectivity index (χ0v) is 24.9. The highest BCUT2D eigenvalue weighted by atomic mass is 35.5. The number of aliphatic hydroxyl groups excluding tert-OH is 1. The number of Topliss-reactive ketones (excluding diaryl/α,β-unsaturated/α-hetero) is 1. The highest BCUT2D eigenvalue weighted by Gasteiger charge is 2.48. The number of carbonyl (C=O) groups excluding carboxylic acids is 2. The number of ketones is 1. The third-order valence-corrected chi connectivity index (χ3v) is 8.97. The molecule has 0 saturated carbocycles. The number of amides is 1. The molecule has 4 aromatic rings. The van der Waals surface area contributed by atoms with Gasteiger partial charge in [-0.05, 0) is 60.9 Å². The highest BCUT2D eigenvalue weighted by Crippen LogP contribution is 2.44. The number of nitrogens with zero attached hydrogens (tertiary/aromatic N) is 3. The van der Waals surface area contributed by atoms with E-state index in [0.717, 1.165) is 18.4 Å². The largest absolute Gasteiger partial charge is 0.507 e. The summed E-state index contributed by atoms with van der Waals surface area (Å²) < 4.78 is 6.57. The third-order valence-electron chi connectivity index (χ3n) is 6.59. The van der Waals surface area contributed by atoms with Crippen molar-refractivity contribution in [2.75, 3.05) is 11.5 Å². The number of hydrogen-bond acceptors (Lipinski definition) is 8. The standard InChI is InChI=1S/C31H28ClN3O4S2/c1-3-4-16-39-24-7-5-6-22(17-24)26-25(27(36)21-12-14-23(32)15-13-21)28(37)29(38)35(26)30-33-34-31(41-30)40-18-20-10-8-19(2)9-11-20/h5-15,17,26,36H,3-4,16,18H2,1-2H3. The summed E-state index contributed by atoms with van der Waals surface area (Å²) >= 11 is 8.78. The zero-order chi connectivity index (χ0) is 28.9. The van der Waals surface area contributed by atoms with Gasteiger partial charge in [-0.1, -0.05) is 90.0 Å². The van der Waals surface area contributed by atoms with Gasteiger partial charge >= 0.3 is 5.91 Å². The fourth-order valence-electron chi connectivity index (χ4n) is 4.40. The molecule has 10 heteroatoms. The van der Waals surface area contributed by atoms with E-state index in [-0.39, 0.29) is 16.5 Å². The number of unbranched alkanes of at least 4 members (excludes halogenated alkanes) is 1. The number of aliphatic hydroxyl groups is 1. The van der Waals surface area contributed by atoms with Gasteiger partial charge in [0.05, 0.1) is 18.2 Å². The van der Waals surface area contributed by atoms with Crippen LogP contribution in [0.3, 0.4) is 0 Å². The lowest BCUT2D eigenvalue weighted by molar-refractivity contribution is -0.132. The van der Waals surface area contributed by atoms with Crippen LogP contribution < -0.4 is 9.64 Å². The molecule has 1 amide bonds. The van der Waals surface area contributed by atoms with Gasteiger partial charge in [-0.3, -0.25) is 14.5 Å². The van der Waals surface area contributed by atoms with Crippen molar-refractivity contribution in [1.82, 2.24) is 10.2 Å². The van der Waals surface area contributed by atoms with Crippen molar-refractivity contribution in [3.8, 4) is 5.75 Å². The molecule has 1 aliphatic heterocycles. The number of aromatic nitrogens is 2. The molecule has 1 N–H and O–H groups in total. The van der Waals surface area contributed by atoms with Crippen LogP contribution in [0.25, 0.3) is 5.76 Å². The van der Waals surface area contributed by atoms with Gasteiger partial charge in [0.1, 0.15) is 11.5 Å². The Morgan fingerprint density at radius 2 is 1.83 bits per heavy atom. The summed E-state index contributed by atoms with van der Waals surface area (Å²) in [6.07, 6.45) is 1.88. The van der Waals surface area contributed by atoms with Crippen molar-refractivity contribution in [2.24, 2.45) is 0 Å². The molecule has 1 saturated heterocycles. The van der Waals surface area contributed by atoms with Crippen LogP contribution in [0.2, 0.25) is 5.02 Å². The SMILES string of the molecule is CCCCOc1cccc(C2C(=C(O)c3ccc(Cl)cc3)C(=O)C(=O)N2c2nnc(SCc3ccc(C)cc3)s2)c1. The zero-order valence-electron chi connectivity index (χ0n) is 22.5. The van der Waals surface area contributed by atoms with Crippen LogP contribution in [-0.2, 0) is 15.3 Å². The molecule has 210 valence electrons. The van der Waals surface area contributed by atoms with Crippen molar-refractivity contribution in [3.05, 3.63) is 106 Å². The molecule has 2 heterocycles. The van der Waals surface area contributed by atoms with Gasteiger partial charge in [0.2, 0.25) is 5.13 Å². The third kappa shape index (κ3) is 6.48. The van der Waals surface area contributed by atoms with E-state index < -0.39 is 17.7 Å². The Kier molecular flexibility index (Phi) is 9.07. The number of ether oxygens (including phenoxy) is 1. The van der Waals surface area contributed by atoms with E-state index >= 15 is 0 Å². The van der Waals surface area contributed by atoms with Crippen LogP contribution in [0, 0.1) is 6.92 Å². The van der Waals surface area contributed by atoms with Crippen LogP contribution in [0.1, 0.15) is 48.1 Å². The molecule has 7 nitrogen and oxygen atoms in total. The Balaban J connectivity index is 1.53. The second-order valence-electron chi connectivity index (χ2n) is 9.58. The van der Waals surface area contributed by atoms with Crippen molar-refractivity contribution in [2.45, 2.75) is 42.8 Å². The minimum Gasteiger partial charge on any atom is -0.507 e. The number of benzene rings is 3. The molecule has 1 unspecified atom stereocenters. The van der Waals surface area contributed by atoms with Gasteiger partial charge in [-0.25, -0.2) is 0 Å². The maximum absolute atomic E-state index is 13.5. The fraction of sp³-hybridized carbons (Fsp3) is 0.226. The number of hydrogen-bond donors (Lipinski definition) is 1. The molecule has 1 atom stereocenters. The normalized spacial score (nSPS) is 16.4. The Hall–Kier alpha value is -3.66. The lowest BCUT2D eigenvalue weighted by Gasteiger charge is -2.23. The minimum absolute atomic E-state index is 0.0351. The first-order valence-corrected chi connectivity index (χ1v) is 15.3. The molecule has 1 aliphatic rings. The molecular weight excluding hydrogens is 578 g/mol. The molecule has 0 aliphatic carbocycles. The Labute approximate surface area is 251 Å². The molecule has 5 rings (SSSR count). The fourth-order valence-corrected chi connectivity index (χ4v) is 6.35. The summed E-state index contributed by atoms with van der Waals surface area (Å²) in [5.41, 5.74) is 3.27. The Morgan fingerprint density at radius 3 is 2.56 bits per heavy atom.